The minimum absolute atomic E-state index is 0.00100. The lowest BCUT2D eigenvalue weighted by molar-refractivity contribution is -0.120. The number of ether oxygens (including phenoxy) is 1. The van der Waals surface area contributed by atoms with E-state index < -0.39 is 10.0 Å². The number of carbonyl (C=O) groups is 1. The highest BCUT2D eigenvalue weighted by molar-refractivity contribution is 7.89. The highest BCUT2D eigenvalue weighted by atomic mass is 32.2. The molecule has 0 spiro atoms. The average molecular weight is 391 g/mol. The number of hydrogen-bond acceptors (Lipinski definition) is 5. The maximum absolute atomic E-state index is 12.4. The van der Waals surface area contributed by atoms with Crippen LogP contribution in [-0.4, -0.2) is 45.5 Å². The summed E-state index contributed by atoms with van der Waals surface area (Å²) in [6.45, 7) is 4.84. The third kappa shape index (κ3) is 6.35. The number of aryl methyl sites for hydroxylation is 1. The second kappa shape index (κ2) is 8.98. The number of likely N-dealkylation sites (N-methyl/N-ethyl adjacent to an activating group) is 1. The van der Waals surface area contributed by atoms with E-state index in [1.165, 1.54) is 29.8 Å². The standard InChI is InChI=1S/C19H25N3O4S/c1-14-4-8-17(9-5-14)26-13-12-22(3)15(2)19(23)21-16-6-10-18(11-7-16)27(20,24)25/h4-11,15H,12-13H2,1-3H3,(H,21,23)(H2,20,24,25)/t15-/m1/s1. The first kappa shape index (κ1) is 20.9. The predicted octanol–water partition coefficient (Wildman–Crippen LogP) is 1.98. The summed E-state index contributed by atoms with van der Waals surface area (Å²) in [7, 11) is -1.91. The molecule has 2 aromatic carbocycles. The topological polar surface area (TPSA) is 102 Å². The third-order valence-electron chi connectivity index (χ3n) is 4.22. The maximum atomic E-state index is 12.4. The Balaban J connectivity index is 1.83. The molecule has 0 fully saturated rings. The largest absolute Gasteiger partial charge is 0.492 e. The molecule has 0 aliphatic rings. The van der Waals surface area contributed by atoms with Gasteiger partial charge in [-0.15, -0.1) is 0 Å². The summed E-state index contributed by atoms with van der Waals surface area (Å²) < 4.78 is 28.2. The Bertz CT molecular complexity index is 865. The number of sulfonamides is 1. The van der Waals surface area contributed by atoms with Crippen molar-refractivity contribution in [3.8, 4) is 5.75 Å². The molecule has 0 saturated carbocycles. The summed E-state index contributed by atoms with van der Waals surface area (Å²) in [5.41, 5.74) is 1.67. The molecule has 0 unspecified atom stereocenters. The Morgan fingerprint density at radius 3 is 2.30 bits per heavy atom. The van der Waals surface area contributed by atoms with Crippen molar-refractivity contribution in [1.82, 2.24) is 4.90 Å². The van der Waals surface area contributed by atoms with Crippen LogP contribution in [0.5, 0.6) is 5.75 Å². The van der Waals surface area contributed by atoms with Crippen LogP contribution in [0.3, 0.4) is 0 Å². The first-order valence-electron chi connectivity index (χ1n) is 8.50. The second-order valence-electron chi connectivity index (χ2n) is 6.38. The number of nitrogens with zero attached hydrogens (tertiary/aromatic N) is 1. The van der Waals surface area contributed by atoms with Crippen LogP contribution < -0.4 is 15.2 Å². The minimum atomic E-state index is -3.75. The molecule has 1 amide bonds. The minimum Gasteiger partial charge on any atom is -0.492 e. The summed E-state index contributed by atoms with van der Waals surface area (Å²) in [5, 5.41) is 7.82. The van der Waals surface area contributed by atoms with Gasteiger partial charge in [0.1, 0.15) is 12.4 Å². The smallest absolute Gasteiger partial charge is 0.241 e. The fraction of sp³-hybridized carbons (Fsp3) is 0.316. The van der Waals surface area contributed by atoms with Crippen LogP contribution in [-0.2, 0) is 14.8 Å². The highest BCUT2D eigenvalue weighted by Gasteiger charge is 2.18. The van der Waals surface area contributed by atoms with Crippen LogP contribution in [0.15, 0.2) is 53.4 Å². The zero-order valence-corrected chi connectivity index (χ0v) is 16.5. The normalized spacial score (nSPS) is 12.6. The van der Waals surface area contributed by atoms with E-state index >= 15 is 0 Å². The van der Waals surface area contributed by atoms with Gasteiger partial charge in [-0.25, -0.2) is 13.6 Å². The number of benzene rings is 2. The zero-order chi connectivity index (χ0) is 20.0. The summed E-state index contributed by atoms with van der Waals surface area (Å²) in [6.07, 6.45) is 0. The third-order valence-corrected chi connectivity index (χ3v) is 5.15. The molecule has 0 heterocycles. The molecular formula is C19H25N3O4S. The summed E-state index contributed by atoms with van der Waals surface area (Å²) in [6, 6.07) is 13.1. The van der Waals surface area contributed by atoms with Gasteiger partial charge in [0, 0.05) is 12.2 Å². The van der Waals surface area contributed by atoms with Crippen molar-refractivity contribution in [3.63, 3.8) is 0 Å². The van der Waals surface area contributed by atoms with Gasteiger partial charge in [-0.05, 0) is 57.3 Å². The van der Waals surface area contributed by atoms with Gasteiger partial charge in [-0.3, -0.25) is 9.69 Å². The van der Waals surface area contributed by atoms with Crippen LogP contribution >= 0.6 is 0 Å². The van der Waals surface area contributed by atoms with Crippen LogP contribution in [0.4, 0.5) is 5.69 Å². The Morgan fingerprint density at radius 2 is 1.74 bits per heavy atom. The Kier molecular flexibility index (Phi) is 6.95. The number of nitrogens with two attached hydrogens (primary N) is 1. The van der Waals surface area contributed by atoms with Crippen LogP contribution in [0.25, 0.3) is 0 Å². The summed E-state index contributed by atoms with van der Waals surface area (Å²) >= 11 is 0. The number of nitrogens with one attached hydrogen (secondary N) is 1. The van der Waals surface area contributed by atoms with E-state index in [-0.39, 0.29) is 16.8 Å². The Labute approximate surface area is 160 Å². The van der Waals surface area contributed by atoms with Gasteiger partial charge in [0.2, 0.25) is 15.9 Å². The number of amides is 1. The number of primary sulfonamides is 1. The van der Waals surface area contributed by atoms with Gasteiger partial charge in [-0.2, -0.15) is 0 Å². The molecule has 0 aromatic heterocycles. The van der Waals surface area contributed by atoms with E-state index in [1.54, 1.807) is 6.92 Å². The SMILES string of the molecule is Cc1ccc(OCCN(C)[C@H](C)C(=O)Nc2ccc(S(N)(=O)=O)cc2)cc1. The monoisotopic (exact) mass is 391 g/mol. The molecule has 8 heteroatoms. The van der Waals surface area contributed by atoms with Gasteiger partial charge < -0.3 is 10.1 Å². The van der Waals surface area contributed by atoms with Gasteiger partial charge in [0.05, 0.1) is 10.9 Å². The lowest BCUT2D eigenvalue weighted by atomic mass is 10.2. The van der Waals surface area contributed by atoms with Crippen molar-refractivity contribution in [3.05, 3.63) is 54.1 Å². The fourth-order valence-corrected chi connectivity index (χ4v) is 2.83. The molecule has 7 nitrogen and oxygen atoms in total. The average Bonchev–Trinajstić information content (AvgIpc) is 2.62. The molecule has 1 atom stereocenters. The van der Waals surface area contributed by atoms with E-state index in [9.17, 15) is 13.2 Å². The van der Waals surface area contributed by atoms with Crippen molar-refractivity contribution in [2.45, 2.75) is 24.8 Å². The van der Waals surface area contributed by atoms with Crippen molar-refractivity contribution in [2.75, 3.05) is 25.5 Å². The zero-order valence-electron chi connectivity index (χ0n) is 15.7. The quantitative estimate of drug-likeness (QED) is 0.716. The van der Waals surface area contributed by atoms with E-state index in [4.69, 9.17) is 9.88 Å². The van der Waals surface area contributed by atoms with E-state index in [0.29, 0.717) is 18.8 Å². The highest BCUT2D eigenvalue weighted by Crippen LogP contribution is 2.14. The first-order chi connectivity index (χ1) is 12.7. The Hall–Kier alpha value is -2.42. The second-order valence-corrected chi connectivity index (χ2v) is 7.94. The van der Waals surface area contributed by atoms with Gasteiger partial charge in [0.25, 0.3) is 0 Å². The number of anilines is 1. The molecule has 2 rings (SSSR count). The first-order valence-corrected chi connectivity index (χ1v) is 10.0. The van der Waals surface area contributed by atoms with Crippen LogP contribution in [0, 0.1) is 6.92 Å². The van der Waals surface area contributed by atoms with Crippen molar-refractivity contribution in [1.29, 1.82) is 0 Å². The van der Waals surface area contributed by atoms with Crippen molar-refractivity contribution in [2.24, 2.45) is 5.14 Å². The van der Waals surface area contributed by atoms with E-state index in [1.807, 2.05) is 43.1 Å². The van der Waals surface area contributed by atoms with Crippen molar-refractivity contribution >= 4 is 21.6 Å². The van der Waals surface area contributed by atoms with Crippen LogP contribution in [0.2, 0.25) is 0 Å². The summed E-state index contributed by atoms with van der Waals surface area (Å²) in [5.74, 6) is 0.595. The lowest BCUT2D eigenvalue weighted by Gasteiger charge is -2.24. The molecule has 146 valence electrons. The van der Waals surface area contributed by atoms with E-state index in [0.717, 1.165) is 5.75 Å². The fourth-order valence-electron chi connectivity index (χ4n) is 2.31. The van der Waals surface area contributed by atoms with E-state index in [2.05, 4.69) is 5.32 Å². The lowest BCUT2D eigenvalue weighted by Crippen LogP contribution is -2.41. The summed E-state index contributed by atoms with van der Waals surface area (Å²) in [4.78, 5) is 14.2. The molecule has 3 N–H and O–H groups in total. The van der Waals surface area contributed by atoms with Gasteiger partial charge in [0.15, 0.2) is 0 Å². The number of carbonyl (C=O) groups excluding carboxylic acids is 1. The van der Waals surface area contributed by atoms with Crippen molar-refractivity contribution < 1.29 is 17.9 Å². The number of rotatable bonds is 8. The molecule has 0 aliphatic carbocycles. The molecule has 27 heavy (non-hydrogen) atoms. The van der Waals surface area contributed by atoms with Gasteiger partial charge in [-0.1, -0.05) is 17.7 Å². The molecule has 2 aromatic rings. The molecule has 0 radical (unpaired) electrons. The maximum Gasteiger partial charge on any atom is 0.241 e. The predicted molar refractivity (Wildman–Crippen MR) is 105 cm³/mol. The molecule has 0 saturated heterocycles. The molecular weight excluding hydrogens is 366 g/mol. The van der Waals surface area contributed by atoms with Gasteiger partial charge >= 0.3 is 0 Å². The van der Waals surface area contributed by atoms with Crippen LogP contribution in [0.1, 0.15) is 12.5 Å². The molecule has 0 bridgehead atoms. The Morgan fingerprint density at radius 1 is 1.15 bits per heavy atom. The number of hydrogen-bond donors (Lipinski definition) is 2. The molecule has 0 aliphatic heterocycles.